The third-order valence-corrected chi connectivity index (χ3v) is 11.2. The van der Waals surface area contributed by atoms with Crippen molar-refractivity contribution in [3.8, 4) is 0 Å². The van der Waals surface area contributed by atoms with Gasteiger partial charge in [0.15, 0.2) is 6.10 Å². The fraction of sp³-hybridized carbons (Fsp3) is 0.940. The monoisotopic (exact) mass is 793 g/mol. The second-order valence-corrected chi connectivity index (χ2v) is 18.1. The van der Waals surface area contributed by atoms with Crippen LogP contribution >= 0.6 is 0 Å². The zero-order chi connectivity index (χ0) is 41.2. The minimum Gasteiger partial charge on any atom is -0.462 e. The summed E-state index contributed by atoms with van der Waals surface area (Å²) < 4.78 is 16.7. The number of esters is 3. The summed E-state index contributed by atoms with van der Waals surface area (Å²) >= 11 is 0. The lowest BCUT2D eigenvalue weighted by atomic mass is 10.0. The first kappa shape index (κ1) is 54.4. The Morgan fingerprint density at radius 1 is 0.339 bits per heavy atom. The summed E-state index contributed by atoms with van der Waals surface area (Å²) in [5, 5.41) is 0. The molecule has 0 fully saturated rings. The normalized spacial score (nSPS) is 12.1. The van der Waals surface area contributed by atoms with Crippen molar-refractivity contribution in [3.63, 3.8) is 0 Å². The van der Waals surface area contributed by atoms with Gasteiger partial charge in [-0.1, -0.05) is 234 Å². The molecule has 56 heavy (non-hydrogen) atoms. The van der Waals surface area contributed by atoms with Gasteiger partial charge in [0, 0.05) is 19.3 Å². The molecule has 0 bridgehead atoms. The maximum atomic E-state index is 12.7. The van der Waals surface area contributed by atoms with Gasteiger partial charge >= 0.3 is 17.9 Å². The first-order valence-corrected chi connectivity index (χ1v) is 24.7. The van der Waals surface area contributed by atoms with Gasteiger partial charge in [-0.15, -0.1) is 0 Å². The average Bonchev–Trinajstić information content (AvgIpc) is 3.16. The van der Waals surface area contributed by atoms with Gasteiger partial charge in [0.1, 0.15) is 13.2 Å². The van der Waals surface area contributed by atoms with E-state index in [4.69, 9.17) is 14.2 Å². The Labute approximate surface area is 348 Å². The molecule has 0 heterocycles. The minimum absolute atomic E-state index is 0.0650. The molecule has 0 aromatic heterocycles. The number of carbonyl (C=O) groups excluding carboxylic acids is 3. The third-order valence-electron chi connectivity index (χ3n) is 11.2. The smallest absolute Gasteiger partial charge is 0.306 e. The highest BCUT2D eigenvalue weighted by Gasteiger charge is 2.19. The van der Waals surface area contributed by atoms with Crippen molar-refractivity contribution >= 4 is 17.9 Å². The van der Waals surface area contributed by atoms with Crippen LogP contribution in [0.2, 0.25) is 0 Å². The van der Waals surface area contributed by atoms with Crippen molar-refractivity contribution in [1.82, 2.24) is 0 Å². The van der Waals surface area contributed by atoms with Gasteiger partial charge in [-0.2, -0.15) is 0 Å². The zero-order valence-corrected chi connectivity index (χ0v) is 38.3. The molecule has 0 aliphatic carbocycles. The average molecular weight is 793 g/mol. The van der Waals surface area contributed by atoms with Gasteiger partial charge < -0.3 is 14.2 Å². The zero-order valence-electron chi connectivity index (χ0n) is 38.3. The lowest BCUT2D eigenvalue weighted by molar-refractivity contribution is -0.167. The minimum atomic E-state index is -0.761. The molecule has 1 atom stereocenters. The van der Waals surface area contributed by atoms with E-state index >= 15 is 0 Å². The van der Waals surface area contributed by atoms with E-state index in [-0.39, 0.29) is 31.1 Å². The molecule has 0 spiro atoms. The highest BCUT2D eigenvalue weighted by molar-refractivity contribution is 5.71. The molecule has 0 aromatic rings. The fourth-order valence-corrected chi connectivity index (χ4v) is 7.46. The lowest BCUT2D eigenvalue weighted by Crippen LogP contribution is -2.30. The summed E-state index contributed by atoms with van der Waals surface area (Å²) in [5.41, 5.74) is 0. The molecule has 0 radical (unpaired) electrons. The molecule has 332 valence electrons. The van der Waals surface area contributed by atoms with E-state index in [9.17, 15) is 14.4 Å². The maximum Gasteiger partial charge on any atom is 0.306 e. The molecule has 0 N–H and O–H groups in total. The summed E-state index contributed by atoms with van der Waals surface area (Å²) in [7, 11) is 0. The first-order chi connectivity index (χ1) is 27.2. The molecule has 0 amide bonds. The number of hydrogen-bond donors (Lipinski definition) is 0. The Hall–Kier alpha value is -1.59. The van der Waals surface area contributed by atoms with Crippen LogP contribution in [0.25, 0.3) is 0 Å². The molecule has 6 heteroatoms. The molecule has 0 saturated carbocycles. The molecule has 0 rings (SSSR count). The number of rotatable bonds is 44. The summed E-state index contributed by atoms with van der Waals surface area (Å²) in [5.74, 6) is 0.736. The number of unbranched alkanes of at least 4 members (excludes halogenated alkanes) is 29. The second-order valence-electron chi connectivity index (χ2n) is 18.1. The highest BCUT2D eigenvalue weighted by Crippen LogP contribution is 2.17. The van der Waals surface area contributed by atoms with Gasteiger partial charge in [0.25, 0.3) is 0 Å². The summed E-state index contributed by atoms with van der Waals surface area (Å²) in [6.07, 6.45) is 42.4. The number of carbonyl (C=O) groups is 3. The van der Waals surface area contributed by atoms with Crippen LogP contribution in [0.5, 0.6) is 0 Å². The second kappa shape index (κ2) is 43.0. The van der Waals surface area contributed by atoms with E-state index in [1.807, 2.05) is 0 Å². The molecule has 6 nitrogen and oxygen atoms in total. The van der Waals surface area contributed by atoms with Crippen LogP contribution in [-0.2, 0) is 28.6 Å². The Kier molecular flexibility index (Phi) is 41.8. The Balaban J connectivity index is 4.26. The molecule has 0 aliphatic heterocycles. The maximum absolute atomic E-state index is 12.7. The Bertz CT molecular complexity index is 854. The molecule has 0 unspecified atom stereocenters. The predicted molar refractivity (Wildman–Crippen MR) is 238 cm³/mol. The van der Waals surface area contributed by atoms with Crippen LogP contribution in [0.1, 0.15) is 272 Å². The van der Waals surface area contributed by atoms with Crippen molar-refractivity contribution in [3.05, 3.63) is 0 Å². The number of hydrogen-bond acceptors (Lipinski definition) is 6. The van der Waals surface area contributed by atoms with Crippen molar-refractivity contribution < 1.29 is 28.6 Å². The molecular weight excluding hydrogens is 697 g/mol. The largest absolute Gasteiger partial charge is 0.462 e. The van der Waals surface area contributed by atoms with E-state index in [2.05, 4.69) is 34.6 Å². The Morgan fingerprint density at radius 3 is 0.875 bits per heavy atom. The van der Waals surface area contributed by atoms with Gasteiger partial charge in [-0.3, -0.25) is 14.4 Å². The molecular formula is C50H96O6. The topological polar surface area (TPSA) is 78.9 Å². The summed E-state index contributed by atoms with van der Waals surface area (Å²) in [4.78, 5) is 37.8. The standard InChI is InChI=1S/C50H96O6/c1-6-7-8-9-10-11-12-13-14-18-21-24-30-35-40-48(51)54-43-47(56-50(53)42-37-32-27-26-29-34-39-46(4)5)44-55-49(52)41-36-31-25-22-19-16-15-17-20-23-28-33-38-45(2)3/h45-47H,6-44H2,1-5H3/t47-/m1/s1. The van der Waals surface area contributed by atoms with E-state index in [1.54, 1.807) is 0 Å². The van der Waals surface area contributed by atoms with Crippen LogP contribution < -0.4 is 0 Å². The van der Waals surface area contributed by atoms with Crippen molar-refractivity contribution in [2.45, 2.75) is 278 Å². The van der Waals surface area contributed by atoms with Crippen LogP contribution in [0.3, 0.4) is 0 Å². The van der Waals surface area contributed by atoms with Crippen LogP contribution in [0.4, 0.5) is 0 Å². The van der Waals surface area contributed by atoms with Gasteiger partial charge in [0.05, 0.1) is 0 Å². The highest BCUT2D eigenvalue weighted by atomic mass is 16.6. The van der Waals surface area contributed by atoms with Gasteiger partial charge in [-0.25, -0.2) is 0 Å². The molecule has 0 aliphatic rings. The van der Waals surface area contributed by atoms with Crippen molar-refractivity contribution in [1.29, 1.82) is 0 Å². The van der Waals surface area contributed by atoms with Gasteiger partial charge in [0.2, 0.25) is 0 Å². The SMILES string of the molecule is CCCCCCCCCCCCCCCCC(=O)OC[C@H](COC(=O)CCCCCCCCCCCCCCC(C)C)OC(=O)CCCCCCCCC(C)C. The summed E-state index contributed by atoms with van der Waals surface area (Å²) in [6, 6.07) is 0. The molecule has 0 saturated heterocycles. The first-order valence-electron chi connectivity index (χ1n) is 24.7. The van der Waals surface area contributed by atoms with Crippen LogP contribution in [-0.4, -0.2) is 37.2 Å². The van der Waals surface area contributed by atoms with E-state index in [1.165, 1.54) is 161 Å². The summed E-state index contributed by atoms with van der Waals surface area (Å²) in [6.45, 7) is 11.3. The van der Waals surface area contributed by atoms with Crippen LogP contribution in [0, 0.1) is 11.8 Å². The molecule has 0 aromatic carbocycles. The van der Waals surface area contributed by atoms with E-state index in [0.717, 1.165) is 69.6 Å². The Morgan fingerprint density at radius 2 is 0.589 bits per heavy atom. The fourth-order valence-electron chi connectivity index (χ4n) is 7.46. The lowest BCUT2D eigenvalue weighted by Gasteiger charge is -2.18. The van der Waals surface area contributed by atoms with Crippen molar-refractivity contribution in [2.24, 2.45) is 11.8 Å². The van der Waals surface area contributed by atoms with E-state index < -0.39 is 6.10 Å². The third kappa shape index (κ3) is 43.5. The van der Waals surface area contributed by atoms with E-state index in [0.29, 0.717) is 19.3 Å². The quantitative estimate of drug-likeness (QED) is 0.0347. The van der Waals surface area contributed by atoms with Gasteiger partial charge in [-0.05, 0) is 31.1 Å². The number of ether oxygens (including phenoxy) is 3. The van der Waals surface area contributed by atoms with Crippen LogP contribution in [0.15, 0.2) is 0 Å². The van der Waals surface area contributed by atoms with Crippen molar-refractivity contribution in [2.75, 3.05) is 13.2 Å². The predicted octanol–water partition coefficient (Wildman–Crippen LogP) is 15.8.